The maximum absolute atomic E-state index is 13.1. The van der Waals surface area contributed by atoms with Gasteiger partial charge in [-0.2, -0.15) is 0 Å². The van der Waals surface area contributed by atoms with Gasteiger partial charge in [0.05, 0.1) is 17.7 Å². The lowest BCUT2D eigenvalue weighted by atomic mass is 10.1. The van der Waals surface area contributed by atoms with Crippen LogP contribution in [0.5, 0.6) is 0 Å². The van der Waals surface area contributed by atoms with Crippen molar-refractivity contribution in [2.75, 3.05) is 26.7 Å². The van der Waals surface area contributed by atoms with Crippen molar-refractivity contribution in [2.24, 2.45) is 0 Å². The monoisotopic (exact) mass is 286 g/mol. The first-order valence-electron chi connectivity index (χ1n) is 6.53. The molecule has 1 aliphatic heterocycles. The summed E-state index contributed by atoms with van der Waals surface area (Å²) in [7, 11) is 2.10. The van der Waals surface area contributed by atoms with E-state index in [1.807, 2.05) is 0 Å². The molecular weight excluding hydrogens is 267 g/mol. The minimum absolute atomic E-state index is 0.167. The van der Waals surface area contributed by atoms with Gasteiger partial charge in [-0.3, -0.25) is 0 Å². The Kier molecular flexibility index (Phi) is 5.16. The first kappa shape index (κ1) is 14.7. The van der Waals surface area contributed by atoms with Gasteiger partial charge in [0.15, 0.2) is 0 Å². The topological polar surface area (TPSA) is 24.5 Å². The van der Waals surface area contributed by atoms with Crippen LogP contribution in [0.3, 0.4) is 0 Å². The van der Waals surface area contributed by atoms with Gasteiger partial charge in [-0.25, -0.2) is 4.39 Å². The Balaban J connectivity index is 1.85. The van der Waals surface area contributed by atoms with Crippen LogP contribution < -0.4 is 5.32 Å². The molecule has 1 fully saturated rings. The Morgan fingerprint density at radius 3 is 3.05 bits per heavy atom. The van der Waals surface area contributed by atoms with Gasteiger partial charge < -0.3 is 15.0 Å². The number of nitrogens with zero attached hydrogens (tertiary/aromatic N) is 1. The normalized spacial score (nSPS) is 22.4. The number of hydrogen-bond acceptors (Lipinski definition) is 3. The summed E-state index contributed by atoms with van der Waals surface area (Å²) in [6.07, 6.45) is 0.190. The molecular formula is C14H20ClFN2O. The molecule has 1 N–H and O–H groups in total. The van der Waals surface area contributed by atoms with Gasteiger partial charge in [0, 0.05) is 25.7 Å². The van der Waals surface area contributed by atoms with Crippen molar-refractivity contribution in [1.29, 1.82) is 0 Å². The van der Waals surface area contributed by atoms with Crippen molar-refractivity contribution < 1.29 is 9.13 Å². The number of nitrogens with one attached hydrogen (secondary N) is 1. The molecule has 19 heavy (non-hydrogen) atoms. The molecule has 0 amide bonds. The molecule has 0 aliphatic carbocycles. The second-order valence-corrected chi connectivity index (χ2v) is 5.50. The van der Waals surface area contributed by atoms with Crippen LogP contribution in [0.15, 0.2) is 18.2 Å². The predicted octanol–water partition coefficient (Wildman–Crippen LogP) is 2.29. The fourth-order valence-electron chi connectivity index (χ4n) is 2.17. The zero-order chi connectivity index (χ0) is 13.8. The van der Waals surface area contributed by atoms with Gasteiger partial charge >= 0.3 is 0 Å². The van der Waals surface area contributed by atoms with E-state index in [-0.39, 0.29) is 23.0 Å². The third-order valence-corrected chi connectivity index (χ3v) is 3.76. The summed E-state index contributed by atoms with van der Waals surface area (Å²) in [5.74, 6) is -0.379. The van der Waals surface area contributed by atoms with E-state index < -0.39 is 0 Å². The van der Waals surface area contributed by atoms with Crippen molar-refractivity contribution in [1.82, 2.24) is 10.2 Å². The van der Waals surface area contributed by atoms with Gasteiger partial charge in [0.2, 0.25) is 0 Å². The van der Waals surface area contributed by atoms with E-state index in [4.69, 9.17) is 16.3 Å². The third-order valence-electron chi connectivity index (χ3n) is 3.47. The van der Waals surface area contributed by atoms with Crippen LogP contribution in [0, 0.1) is 5.82 Å². The SMILES string of the molecule is CC(NCc1ccc(F)c(Cl)c1)C1CN(C)CCO1. The second-order valence-electron chi connectivity index (χ2n) is 5.09. The highest BCUT2D eigenvalue weighted by Crippen LogP contribution is 2.16. The predicted molar refractivity (Wildman–Crippen MR) is 74.9 cm³/mol. The molecule has 1 aromatic carbocycles. The van der Waals surface area contributed by atoms with Crippen LogP contribution in [0.2, 0.25) is 5.02 Å². The highest BCUT2D eigenvalue weighted by molar-refractivity contribution is 6.30. The second kappa shape index (κ2) is 6.66. The van der Waals surface area contributed by atoms with Crippen molar-refractivity contribution in [3.8, 4) is 0 Å². The van der Waals surface area contributed by atoms with Crippen LogP contribution in [-0.2, 0) is 11.3 Å². The lowest BCUT2D eigenvalue weighted by molar-refractivity contribution is -0.0356. The molecule has 3 nitrogen and oxygen atoms in total. The van der Waals surface area contributed by atoms with E-state index in [2.05, 4.69) is 24.2 Å². The quantitative estimate of drug-likeness (QED) is 0.919. The molecule has 1 heterocycles. The number of rotatable bonds is 4. The Hall–Kier alpha value is -0.680. The fraction of sp³-hybridized carbons (Fsp3) is 0.571. The van der Waals surface area contributed by atoms with Crippen LogP contribution in [0.4, 0.5) is 4.39 Å². The van der Waals surface area contributed by atoms with E-state index in [9.17, 15) is 4.39 Å². The average Bonchev–Trinajstić information content (AvgIpc) is 2.40. The molecule has 106 valence electrons. The van der Waals surface area contributed by atoms with Crippen LogP contribution in [0.1, 0.15) is 12.5 Å². The van der Waals surface area contributed by atoms with Gasteiger partial charge in [0.1, 0.15) is 5.82 Å². The van der Waals surface area contributed by atoms with E-state index in [1.54, 1.807) is 12.1 Å². The number of halogens is 2. The summed E-state index contributed by atoms with van der Waals surface area (Å²) in [5.41, 5.74) is 0.974. The zero-order valence-electron chi connectivity index (χ0n) is 11.3. The summed E-state index contributed by atoms with van der Waals surface area (Å²) in [4.78, 5) is 2.26. The molecule has 2 atom stereocenters. The molecule has 0 radical (unpaired) electrons. The molecule has 1 aliphatic rings. The van der Waals surface area contributed by atoms with Gasteiger partial charge in [-0.15, -0.1) is 0 Å². The molecule has 0 aromatic heterocycles. The Labute approximate surface area is 118 Å². The third kappa shape index (κ3) is 4.14. The van der Waals surface area contributed by atoms with Gasteiger partial charge in [-0.1, -0.05) is 17.7 Å². The fourth-order valence-corrected chi connectivity index (χ4v) is 2.38. The van der Waals surface area contributed by atoms with E-state index in [1.165, 1.54) is 6.07 Å². The average molecular weight is 287 g/mol. The lowest BCUT2D eigenvalue weighted by Crippen LogP contribution is -2.49. The number of ether oxygens (including phenoxy) is 1. The summed E-state index contributed by atoms with van der Waals surface area (Å²) in [6.45, 7) is 5.45. The molecule has 0 bridgehead atoms. The first-order chi connectivity index (χ1) is 9.06. The minimum Gasteiger partial charge on any atom is -0.374 e. The summed E-state index contributed by atoms with van der Waals surface area (Å²) < 4.78 is 18.8. The molecule has 5 heteroatoms. The highest BCUT2D eigenvalue weighted by atomic mass is 35.5. The molecule has 1 aromatic rings. The van der Waals surface area contributed by atoms with Crippen LogP contribution in [0.25, 0.3) is 0 Å². The van der Waals surface area contributed by atoms with Crippen molar-refractivity contribution in [3.63, 3.8) is 0 Å². The van der Waals surface area contributed by atoms with Crippen molar-refractivity contribution in [3.05, 3.63) is 34.6 Å². The van der Waals surface area contributed by atoms with Crippen LogP contribution in [-0.4, -0.2) is 43.8 Å². The first-order valence-corrected chi connectivity index (χ1v) is 6.91. The number of morpholine rings is 1. The summed E-state index contributed by atoms with van der Waals surface area (Å²) in [6, 6.07) is 5.04. The largest absolute Gasteiger partial charge is 0.374 e. The van der Waals surface area contributed by atoms with Crippen molar-refractivity contribution in [2.45, 2.75) is 25.6 Å². The standard InChI is InChI=1S/C14H20ClFN2O/c1-10(14-9-18(2)5-6-19-14)17-8-11-3-4-13(16)12(15)7-11/h3-4,7,10,14,17H,5-6,8-9H2,1-2H3. The zero-order valence-corrected chi connectivity index (χ0v) is 12.1. The van der Waals surface area contributed by atoms with Gasteiger partial charge in [-0.05, 0) is 31.7 Å². The van der Waals surface area contributed by atoms with Gasteiger partial charge in [0.25, 0.3) is 0 Å². The Morgan fingerprint density at radius 1 is 1.58 bits per heavy atom. The molecule has 1 saturated heterocycles. The summed E-state index contributed by atoms with van der Waals surface area (Å²) >= 11 is 5.76. The van der Waals surface area contributed by atoms with E-state index in [0.717, 1.165) is 25.3 Å². The number of likely N-dealkylation sites (N-methyl/N-ethyl adjacent to an activating group) is 1. The minimum atomic E-state index is -0.379. The summed E-state index contributed by atoms with van der Waals surface area (Å²) in [5, 5.41) is 3.57. The molecule has 0 spiro atoms. The van der Waals surface area contributed by atoms with Crippen LogP contribution >= 0.6 is 11.6 Å². The number of hydrogen-bond donors (Lipinski definition) is 1. The van der Waals surface area contributed by atoms with Crippen molar-refractivity contribution >= 4 is 11.6 Å². The molecule has 0 saturated carbocycles. The molecule has 2 rings (SSSR count). The smallest absolute Gasteiger partial charge is 0.141 e. The van der Waals surface area contributed by atoms with E-state index in [0.29, 0.717) is 6.54 Å². The molecule has 2 unspecified atom stereocenters. The maximum atomic E-state index is 13.1. The highest BCUT2D eigenvalue weighted by Gasteiger charge is 2.23. The van der Waals surface area contributed by atoms with E-state index >= 15 is 0 Å². The maximum Gasteiger partial charge on any atom is 0.141 e. The number of benzene rings is 1. The Morgan fingerprint density at radius 2 is 2.37 bits per heavy atom. The Bertz CT molecular complexity index is 430. The lowest BCUT2D eigenvalue weighted by Gasteiger charge is -2.34.